The van der Waals surface area contributed by atoms with Gasteiger partial charge in [0.2, 0.25) is 0 Å². The molecule has 0 amide bonds. The topological polar surface area (TPSA) is 136 Å². The van der Waals surface area contributed by atoms with Gasteiger partial charge in [0, 0.05) is 27.8 Å². The summed E-state index contributed by atoms with van der Waals surface area (Å²) in [6.07, 6.45) is 1.42. The SMILES string of the molecule is CCOC(=O)C1=C(C(=O)c2cc([N+](=O)[O-])c(C)c(Br)c2O)C=C2SC(C)=C(C)N2C1C(=O)OCC. The number of fused-ring (bicyclic) bond motifs is 1. The van der Waals surface area contributed by atoms with E-state index in [4.69, 9.17) is 9.47 Å². The number of rotatable bonds is 7. The minimum absolute atomic E-state index is 0.0225. The summed E-state index contributed by atoms with van der Waals surface area (Å²) in [5, 5.41) is 22.7. The van der Waals surface area contributed by atoms with Crippen molar-refractivity contribution in [1.29, 1.82) is 0 Å². The molecule has 1 N–H and O–H groups in total. The van der Waals surface area contributed by atoms with Crippen LogP contribution >= 0.6 is 27.7 Å². The maximum Gasteiger partial charge on any atom is 0.337 e. The summed E-state index contributed by atoms with van der Waals surface area (Å²) < 4.78 is 10.4. The highest BCUT2D eigenvalue weighted by Gasteiger charge is 2.46. The number of nitrogens with zero attached hydrogens (tertiary/aromatic N) is 2. The van der Waals surface area contributed by atoms with Crippen LogP contribution in [0.2, 0.25) is 0 Å². The molecule has 0 aromatic heterocycles. The first-order valence-corrected chi connectivity index (χ1v) is 12.2. The van der Waals surface area contributed by atoms with E-state index >= 15 is 0 Å². The van der Waals surface area contributed by atoms with E-state index in [0.717, 1.165) is 11.0 Å². The number of allylic oxidation sites excluding steroid dienone is 4. The van der Waals surface area contributed by atoms with Crippen LogP contribution < -0.4 is 0 Å². The Morgan fingerprint density at radius 3 is 2.40 bits per heavy atom. The van der Waals surface area contributed by atoms with Gasteiger partial charge in [-0.2, -0.15) is 0 Å². The van der Waals surface area contributed by atoms with Gasteiger partial charge < -0.3 is 19.5 Å². The van der Waals surface area contributed by atoms with Gasteiger partial charge in [-0.15, -0.1) is 0 Å². The second kappa shape index (κ2) is 10.2. The van der Waals surface area contributed by atoms with Gasteiger partial charge in [-0.1, -0.05) is 11.8 Å². The minimum atomic E-state index is -1.32. The molecule has 1 atom stereocenters. The fraction of sp³-hybridized carbons (Fsp3) is 0.348. The highest BCUT2D eigenvalue weighted by molar-refractivity contribution is 9.10. The van der Waals surface area contributed by atoms with Gasteiger partial charge in [-0.05, 0) is 56.6 Å². The fourth-order valence-electron chi connectivity index (χ4n) is 3.80. The normalized spacial score (nSPS) is 17.3. The lowest BCUT2D eigenvalue weighted by Crippen LogP contribution is -2.45. The van der Waals surface area contributed by atoms with Crippen LogP contribution in [0.15, 0.2) is 43.4 Å². The van der Waals surface area contributed by atoms with E-state index < -0.39 is 45.7 Å². The molecule has 2 aliphatic heterocycles. The van der Waals surface area contributed by atoms with Crippen molar-refractivity contribution in [3.05, 3.63) is 64.6 Å². The van der Waals surface area contributed by atoms with E-state index in [-0.39, 0.29) is 34.4 Å². The van der Waals surface area contributed by atoms with Crippen LogP contribution in [0.25, 0.3) is 0 Å². The van der Waals surface area contributed by atoms with Crippen molar-refractivity contribution in [2.24, 2.45) is 0 Å². The fourth-order valence-corrected chi connectivity index (χ4v) is 5.30. The van der Waals surface area contributed by atoms with Gasteiger partial charge in [0.15, 0.2) is 11.8 Å². The smallest absolute Gasteiger partial charge is 0.337 e. The lowest BCUT2D eigenvalue weighted by Gasteiger charge is -2.34. The Labute approximate surface area is 213 Å². The van der Waals surface area contributed by atoms with Crippen molar-refractivity contribution in [3.8, 4) is 5.75 Å². The number of hydrogen-bond donors (Lipinski definition) is 1. The molecule has 186 valence electrons. The second-order valence-corrected chi connectivity index (χ2v) is 9.64. The molecule has 0 bridgehead atoms. The molecule has 0 spiro atoms. The van der Waals surface area contributed by atoms with E-state index in [2.05, 4.69) is 15.9 Å². The number of halogens is 1. The number of thioether (sulfide) groups is 1. The third kappa shape index (κ3) is 4.59. The Morgan fingerprint density at radius 2 is 1.83 bits per heavy atom. The number of phenolic OH excluding ortho intramolecular Hbond substituents is 1. The molecule has 1 aromatic carbocycles. The highest BCUT2D eigenvalue weighted by atomic mass is 79.9. The zero-order chi connectivity index (χ0) is 26.2. The first-order valence-electron chi connectivity index (χ1n) is 10.6. The average Bonchev–Trinajstić information content (AvgIpc) is 3.09. The molecule has 2 heterocycles. The molecule has 0 radical (unpaired) electrons. The Balaban J connectivity index is 2.33. The van der Waals surface area contributed by atoms with Gasteiger partial charge in [-0.3, -0.25) is 14.9 Å². The monoisotopic (exact) mass is 566 g/mol. The average molecular weight is 567 g/mol. The summed E-state index contributed by atoms with van der Waals surface area (Å²) in [6.45, 7) is 8.24. The van der Waals surface area contributed by atoms with Crippen molar-refractivity contribution >= 4 is 51.1 Å². The van der Waals surface area contributed by atoms with Gasteiger partial charge in [0.25, 0.3) is 5.69 Å². The number of hydrogen-bond acceptors (Lipinski definition) is 10. The number of aromatic hydroxyl groups is 1. The van der Waals surface area contributed by atoms with Gasteiger partial charge in [0.1, 0.15) is 5.75 Å². The van der Waals surface area contributed by atoms with Crippen LogP contribution in [0.4, 0.5) is 5.69 Å². The number of ether oxygens (including phenoxy) is 2. The number of phenols is 1. The molecule has 35 heavy (non-hydrogen) atoms. The Hall–Kier alpha value is -3.12. The summed E-state index contributed by atoms with van der Waals surface area (Å²) >= 11 is 4.40. The Morgan fingerprint density at radius 1 is 1.20 bits per heavy atom. The quantitative estimate of drug-likeness (QED) is 0.217. The molecule has 0 saturated heterocycles. The lowest BCUT2D eigenvalue weighted by molar-refractivity contribution is -0.385. The van der Waals surface area contributed by atoms with Crippen LogP contribution in [0.3, 0.4) is 0 Å². The van der Waals surface area contributed by atoms with Crippen LogP contribution in [0, 0.1) is 17.0 Å². The molecule has 1 unspecified atom stereocenters. The van der Waals surface area contributed by atoms with E-state index in [1.54, 1.807) is 25.7 Å². The van der Waals surface area contributed by atoms with Crippen molar-refractivity contribution in [3.63, 3.8) is 0 Å². The second-order valence-electron chi connectivity index (χ2n) is 7.62. The Bertz CT molecular complexity index is 1250. The van der Waals surface area contributed by atoms with Crippen LogP contribution in [-0.2, 0) is 19.1 Å². The van der Waals surface area contributed by atoms with E-state index in [1.807, 2.05) is 6.92 Å². The molecule has 0 saturated carbocycles. The van der Waals surface area contributed by atoms with Crippen molar-refractivity contribution in [2.75, 3.05) is 13.2 Å². The van der Waals surface area contributed by atoms with Crippen molar-refractivity contribution in [2.45, 2.75) is 40.7 Å². The zero-order valence-electron chi connectivity index (χ0n) is 19.6. The van der Waals surface area contributed by atoms with E-state index in [0.29, 0.717) is 10.7 Å². The molecule has 1 aromatic rings. The van der Waals surface area contributed by atoms with Crippen LogP contribution in [0.5, 0.6) is 5.75 Å². The van der Waals surface area contributed by atoms with Gasteiger partial charge in [-0.25, -0.2) is 9.59 Å². The number of esters is 2. The first kappa shape index (κ1) is 26.5. The number of benzene rings is 1. The summed E-state index contributed by atoms with van der Waals surface area (Å²) in [7, 11) is 0. The molecule has 10 nitrogen and oxygen atoms in total. The number of ketones is 1. The summed E-state index contributed by atoms with van der Waals surface area (Å²) in [6, 6.07) is -0.363. The zero-order valence-corrected chi connectivity index (χ0v) is 22.0. The number of nitro benzene ring substituents is 1. The van der Waals surface area contributed by atoms with Gasteiger partial charge in [0.05, 0.1) is 38.8 Å². The number of carbonyl (C=O) groups is 3. The molecule has 2 aliphatic rings. The molecule has 3 rings (SSSR count). The first-order chi connectivity index (χ1) is 16.5. The lowest BCUT2D eigenvalue weighted by atomic mass is 9.89. The maximum atomic E-state index is 13.7. The summed E-state index contributed by atoms with van der Waals surface area (Å²) in [5.74, 6) is -3.07. The predicted molar refractivity (Wildman–Crippen MR) is 131 cm³/mol. The number of nitro groups is 1. The van der Waals surface area contributed by atoms with Crippen molar-refractivity contribution in [1.82, 2.24) is 4.90 Å². The highest BCUT2D eigenvalue weighted by Crippen LogP contribution is 2.48. The molecular weight excluding hydrogens is 544 g/mol. The van der Waals surface area contributed by atoms with E-state index in [1.165, 1.54) is 24.8 Å². The molecule has 0 aliphatic carbocycles. The third-order valence-corrected chi connectivity index (χ3v) is 7.70. The predicted octanol–water partition coefficient (Wildman–Crippen LogP) is 4.50. The molecular formula is C23H23BrN2O8S. The van der Waals surface area contributed by atoms with Crippen LogP contribution in [0.1, 0.15) is 43.6 Å². The number of Topliss-reactive ketones (excluding diaryl/α,β-unsaturated/α-hetero) is 1. The largest absolute Gasteiger partial charge is 0.506 e. The summed E-state index contributed by atoms with van der Waals surface area (Å²) in [5.41, 5.74) is -0.460. The third-order valence-electron chi connectivity index (χ3n) is 5.60. The van der Waals surface area contributed by atoms with Crippen LogP contribution in [-0.4, -0.2) is 51.9 Å². The summed E-state index contributed by atoms with van der Waals surface area (Å²) in [4.78, 5) is 53.3. The van der Waals surface area contributed by atoms with Gasteiger partial charge >= 0.3 is 11.9 Å². The maximum absolute atomic E-state index is 13.7. The molecule has 0 fully saturated rings. The molecule has 12 heteroatoms. The number of carbonyl (C=O) groups excluding carboxylic acids is 3. The van der Waals surface area contributed by atoms with E-state index in [9.17, 15) is 29.6 Å². The Kier molecular flexibility index (Phi) is 7.75. The standard InChI is InChI=1S/C23H23BrN2O8S/c1-6-33-22(29)17-13(20(27)14-8-15(26(31)32)10(3)18(24)21(14)28)9-16-25(11(4)12(5)35-16)19(17)23(30)34-7-2/h8-9,19,28H,6-7H2,1-5H3. The minimum Gasteiger partial charge on any atom is -0.506 e. The van der Waals surface area contributed by atoms with Crippen molar-refractivity contribution < 1.29 is 33.9 Å².